The van der Waals surface area contributed by atoms with Gasteiger partial charge in [0.15, 0.2) is 0 Å². The molecule has 1 N–H and O–H groups in total. The molecule has 2 aromatic heterocycles. The first kappa shape index (κ1) is 16.3. The summed E-state index contributed by atoms with van der Waals surface area (Å²) in [5.74, 6) is -0.578. The van der Waals surface area contributed by atoms with E-state index in [9.17, 15) is 9.59 Å². The van der Waals surface area contributed by atoms with Crippen LogP contribution in [0.3, 0.4) is 0 Å². The van der Waals surface area contributed by atoms with Crippen molar-refractivity contribution in [3.05, 3.63) is 58.4 Å². The molecule has 3 aromatic rings. The predicted octanol–water partition coefficient (Wildman–Crippen LogP) is 3.31. The number of ether oxygens (including phenoxy) is 1. The lowest BCUT2D eigenvalue weighted by molar-refractivity contribution is 0.0606. The number of aryl methyl sites for hydroxylation is 1. The second-order valence-corrected chi connectivity index (χ2v) is 6.42. The Hall–Kier alpha value is -2.60. The van der Waals surface area contributed by atoms with Crippen molar-refractivity contribution in [3.8, 4) is 0 Å². The van der Waals surface area contributed by atoms with Gasteiger partial charge in [-0.15, -0.1) is 11.3 Å². The molecule has 3 rings (SSSR count). The number of benzene rings is 1. The summed E-state index contributed by atoms with van der Waals surface area (Å²) >= 11 is 1.14. The van der Waals surface area contributed by atoms with Gasteiger partial charge in [0.1, 0.15) is 4.88 Å². The van der Waals surface area contributed by atoms with Crippen LogP contribution in [0, 0.1) is 0 Å². The number of thiophene rings is 1. The number of nitrogens with zero attached hydrogens (tertiary/aromatic N) is 1. The molecular weight excluding hydrogens is 324 g/mol. The minimum atomic E-state index is -0.418. The largest absolute Gasteiger partial charge is 0.465 e. The van der Waals surface area contributed by atoms with Crippen LogP contribution in [0.5, 0.6) is 0 Å². The van der Waals surface area contributed by atoms with Gasteiger partial charge in [-0.25, -0.2) is 4.79 Å². The van der Waals surface area contributed by atoms with Crippen molar-refractivity contribution in [2.75, 3.05) is 13.7 Å². The normalized spacial score (nSPS) is 10.7. The van der Waals surface area contributed by atoms with Gasteiger partial charge >= 0.3 is 5.97 Å². The third-order valence-electron chi connectivity index (χ3n) is 3.76. The Morgan fingerprint density at radius 1 is 1.12 bits per heavy atom. The fourth-order valence-corrected chi connectivity index (χ4v) is 3.38. The molecule has 0 bridgehead atoms. The van der Waals surface area contributed by atoms with Crippen molar-refractivity contribution in [1.82, 2.24) is 9.88 Å². The van der Waals surface area contributed by atoms with Crippen LogP contribution in [0.25, 0.3) is 10.9 Å². The van der Waals surface area contributed by atoms with Crippen LogP contribution in [0.2, 0.25) is 0 Å². The lowest BCUT2D eigenvalue weighted by Crippen LogP contribution is -2.24. The van der Waals surface area contributed by atoms with E-state index in [0.717, 1.165) is 24.3 Å². The maximum absolute atomic E-state index is 12.1. The van der Waals surface area contributed by atoms with Gasteiger partial charge in [0, 0.05) is 24.8 Å². The van der Waals surface area contributed by atoms with E-state index < -0.39 is 5.97 Å². The number of methoxy groups -OCH3 is 1. The van der Waals surface area contributed by atoms with Crippen LogP contribution in [-0.2, 0) is 11.3 Å². The van der Waals surface area contributed by atoms with Crippen LogP contribution in [-0.4, -0.2) is 30.1 Å². The second kappa shape index (κ2) is 7.31. The SMILES string of the molecule is COC(=O)c1ccc(C(=O)NCCCn2ccc3ccccc32)s1. The van der Waals surface area contributed by atoms with Crippen molar-refractivity contribution in [3.63, 3.8) is 0 Å². The van der Waals surface area contributed by atoms with Gasteiger partial charge in [-0.1, -0.05) is 18.2 Å². The molecule has 0 aliphatic carbocycles. The zero-order valence-corrected chi connectivity index (χ0v) is 14.1. The molecule has 0 spiro atoms. The molecule has 1 aromatic carbocycles. The minimum absolute atomic E-state index is 0.160. The van der Waals surface area contributed by atoms with Gasteiger partial charge in [0.2, 0.25) is 0 Å². The number of nitrogens with one attached hydrogen (secondary N) is 1. The van der Waals surface area contributed by atoms with Crippen molar-refractivity contribution in [2.24, 2.45) is 0 Å². The van der Waals surface area contributed by atoms with Crippen molar-refractivity contribution < 1.29 is 14.3 Å². The summed E-state index contributed by atoms with van der Waals surface area (Å²) in [5, 5.41) is 4.10. The van der Waals surface area contributed by atoms with Gasteiger partial charge in [-0.2, -0.15) is 0 Å². The third kappa shape index (κ3) is 3.49. The molecule has 0 saturated heterocycles. The monoisotopic (exact) mass is 342 g/mol. The van der Waals surface area contributed by atoms with E-state index in [-0.39, 0.29) is 5.91 Å². The number of rotatable bonds is 6. The zero-order chi connectivity index (χ0) is 16.9. The summed E-state index contributed by atoms with van der Waals surface area (Å²) in [5.41, 5.74) is 1.20. The fourth-order valence-electron chi connectivity index (χ4n) is 2.54. The number of carbonyl (C=O) groups is 2. The Kier molecular flexibility index (Phi) is 4.96. The summed E-state index contributed by atoms with van der Waals surface area (Å²) < 4.78 is 6.82. The lowest BCUT2D eigenvalue weighted by Gasteiger charge is -2.06. The van der Waals surface area contributed by atoms with Crippen molar-refractivity contribution in [2.45, 2.75) is 13.0 Å². The third-order valence-corrected chi connectivity index (χ3v) is 4.82. The van der Waals surface area contributed by atoms with Crippen LogP contribution >= 0.6 is 11.3 Å². The average molecular weight is 342 g/mol. The van der Waals surface area contributed by atoms with Gasteiger partial charge in [0.25, 0.3) is 5.91 Å². The number of hydrogen-bond donors (Lipinski definition) is 1. The van der Waals surface area contributed by atoms with Crippen LogP contribution in [0.1, 0.15) is 25.8 Å². The Labute approximate surface area is 143 Å². The van der Waals surface area contributed by atoms with E-state index in [0.29, 0.717) is 16.3 Å². The predicted molar refractivity (Wildman–Crippen MR) is 94.5 cm³/mol. The van der Waals surface area contributed by atoms with E-state index in [1.54, 1.807) is 12.1 Å². The summed E-state index contributed by atoms with van der Waals surface area (Å²) in [6.45, 7) is 1.42. The van der Waals surface area contributed by atoms with Gasteiger partial charge in [-0.3, -0.25) is 4.79 Å². The topological polar surface area (TPSA) is 60.3 Å². The molecule has 0 atom stereocenters. The summed E-state index contributed by atoms with van der Waals surface area (Å²) in [6.07, 6.45) is 2.90. The fraction of sp³-hybridized carbons (Fsp3) is 0.222. The van der Waals surface area contributed by atoms with E-state index in [4.69, 9.17) is 0 Å². The van der Waals surface area contributed by atoms with E-state index in [1.165, 1.54) is 18.0 Å². The first-order chi connectivity index (χ1) is 11.7. The molecular formula is C18H18N2O3S. The number of hydrogen-bond acceptors (Lipinski definition) is 4. The number of para-hydroxylation sites is 1. The van der Waals surface area contributed by atoms with Gasteiger partial charge in [-0.05, 0) is 36.1 Å². The highest BCUT2D eigenvalue weighted by molar-refractivity contribution is 7.15. The smallest absolute Gasteiger partial charge is 0.348 e. The molecule has 0 aliphatic heterocycles. The Balaban J connectivity index is 1.50. The van der Waals surface area contributed by atoms with E-state index >= 15 is 0 Å². The number of amides is 1. The molecule has 0 aliphatic rings. The second-order valence-electron chi connectivity index (χ2n) is 5.33. The molecule has 0 fully saturated rings. The maximum atomic E-state index is 12.1. The van der Waals surface area contributed by atoms with Gasteiger partial charge < -0.3 is 14.6 Å². The quantitative estimate of drug-likeness (QED) is 0.552. The molecule has 0 unspecified atom stereocenters. The Morgan fingerprint density at radius 3 is 2.75 bits per heavy atom. The average Bonchev–Trinajstić information content (AvgIpc) is 3.25. The van der Waals surface area contributed by atoms with E-state index in [1.807, 2.05) is 12.1 Å². The summed E-state index contributed by atoms with van der Waals surface area (Å²) in [4.78, 5) is 24.4. The first-order valence-electron chi connectivity index (χ1n) is 7.69. The van der Waals surface area contributed by atoms with Crippen molar-refractivity contribution >= 4 is 34.1 Å². The Morgan fingerprint density at radius 2 is 1.92 bits per heavy atom. The molecule has 0 radical (unpaired) electrons. The highest BCUT2D eigenvalue weighted by atomic mass is 32.1. The summed E-state index contributed by atoms with van der Waals surface area (Å²) in [6, 6.07) is 13.6. The summed E-state index contributed by atoms with van der Waals surface area (Å²) in [7, 11) is 1.33. The van der Waals surface area contributed by atoms with Crippen molar-refractivity contribution in [1.29, 1.82) is 0 Å². The Bertz CT molecular complexity index is 866. The number of fused-ring (bicyclic) bond motifs is 1. The molecule has 24 heavy (non-hydrogen) atoms. The first-order valence-corrected chi connectivity index (χ1v) is 8.51. The number of esters is 1. The number of carbonyl (C=O) groups excluding carboxylic acids is 2. The standard InChI is InChI=1S/C18H18N2O3S/c1-23-18(22)16-8-7-15(24-16)17(21)19-10-4-11-20-12-9-13-5-2-3-6-14(13)20/h2-3,5-9,12H,4,10-11H2,1H3,(H,19,21). The maximum Gasteiger partial charge on any atom is 0.348 e. The molecule has 124 valence electrons. The van der Waals surface area contributed by atoms with Gasteiger partial charge in [0.05, 0.1) is 12.0 Å². The lowest BCUT2D eigenvalue weighted by atomic mass is 10.2. The highest BCUT2D eigenvalue weighted by Crippen LogP contribution is 2.17. The molecule has 6 heteroatoms. The molecule has 5 nitrogen and oxygen atoms in total. The zero-order valence-electron chi connectivity index (χ0n) is 13.3. The minimum Gasteiger partial charge on any atom is -0.465 e. The van der Waals surface area contributed by atoms with Crippen LogP contribution < -0.4 is 5.32 Å². The van der Waals surface area contributed by atoms with Crippen LogP contribution in [0.15, 0.2) is 48.7 Å². The molecule has 1 amide bonds. The van der Waals surface area contributed by atoms with Crippen LogP contribution in [0.4, 0.5) is 0 Å². The number of aromatic nitrogens is 1. The molecule has 2 heterocycles. The molecule has 0 saturated carbocycles. The highest BCUT2D eigenvalue weighted by Gasteiger charge is 2.13. The van der Waals surface area contributed by atoms with E-state index in [2.05, 4.69) is 39.0 Å².